The summed E-state index contributed by atoms with van der Waals surface area (Å²) in [5, 5.41) is 3.93. The van der Waals surface area contributed by atoms with E-state index in [9.17, 15) is 4.79 Å². The van der Waals surface area contributed by atoms with Crippen LogP contribution in [0.5, 0.6) is 0 Å². The lowest BCUT2D eigenvalue weighted by molar-refractivity contribution is 0.259. The number of nitrogens with one attached hydrogen (secondary N) is 1. The van der Waals surface area contributed by atoms with Crippen molar-refractivity contribution in [2.24, 2.45) is 0 Å². The fourth-order valence-corrected chi connectivity index (χ4v) is 2.23. The SMILES string of the molecule is CC(C)(CNC(=O)Br)c1ccc(Cl)cc1Cl. The lowest BCUT2D eigenvalue weighted by atomic mass is 9.84. The second kappa shape index (κ2) is 5.39. The third-order valence-corrected chi connectivity index (χ3v) is 3.16. The Labute approximate surface area is 113 Å². The summed E-state index contributed by atoms with van der Waals surface area (Å²) in [6.45, 7) is 4.51. The molecule has 1 N–H and O–H groups in total. The van der Waals surface area contributed by atoms with Crippen LogP contribution >= 0.6 is 39.1 Å². The van der Waals surface area contributed by atoms with Gasteiger partial charge < -0.3 is 5.32 Å². The van der Waals surface area contributed by atoms with Gasteiger partial charge in [-0.25, -0.2) is 0 Å². The van der Waals surface area contributed by atoms with Crippen LogP contribution in [0.3, 0.4) is 0 Å². The van der Waals surface area contributed by atoms with Crippen molar-refractivity contribution in [3.63, 3.8) is 0 Å². The van der Waals surface area contributed by atoms with Crippen LogP contribution in [0.4, 0.5) is 4.79 Å². The van der Waals surface area contributed by atoms with Crippen molar-refractivity contribution in [2.75, 3.05) is 6.54 Å². The fourth-order valence-electron chi connectivity index (χ4n) is 1.42. The average molecular weight is 325 g/mol. The van der Waals surface area contributed by atoms with E-state index in [1.54, 1.807) is 12.1 Å². The van der Waals surface area contributed by atoms with Crippen molar-refractivity contribution in [1.82, 2.24) is 5.32 Å². The van der Waals surface area contributed by atoms with Gasteiger partial charge in [-0.1, -0.05) is 43.1 Å². The first-order chi connectivity index (χ1) is 7.33. The molecule has 5 heteroatoms. The predicted molar refractivity (Wildman–Crippen MR) is 71.8 cm³/mol. The highest BCUT2D eigenvalue weighted by molar-refractivity contribution is 9.18. The summed E-state index contributed by atoms with van der Waals surface area (Å²) in [6, 6.07) is 5.38. The van der Waals surface area contributed by atoms with E-state index in [1.165, 1.54) is 0 Å². The molecule has 0 unspecified atom stereocenters. The van der Waals surface area contributed by atoms with Crippen LogP contribution in [-0.4, -0.2) is 11.4 Å². The van der Waals surface area contributed by atoms with Gasteiger partial charge >= 0.3 is 0 Å². The Morgan fingerprint density at radius 2 is 2.06 bits per heavy atom. The number of carbonyl (C=O) groups excluding carboxylic acids is 1. The molecule has 1 aromatic carbocycles. The molecule has 0 spiro atoms. The van der Waals surface area contributed by atoms with Crippen molar-refractivity contribution in [3.8, 4) is 0 Å². The van der Waals surface area contributed by atoms with Crippen LogP contribution in [0.15, 0.2) is 18.2 Å². The van der Waals surface area contributed by atoms with Gasteiger partial charge in [0.1, 0.15) is 0 Å². The number of carbonyl (C=O) groups is 1. The maximum atomic E-state index is 10.8. The van der Waals surface area contributed by atoms with Crippen molar-refractivity contribution in [2.45, 2.75) is 19.3 Å². The van der Waals surface area contributed by atoms with Crippen molar-refractivity contribution in [3.05, 3.63) is 33.8 Å². The van der Waals surface area contributed by atoms with Gasteiger partial charge in [-0.05, 0) is 17.7 Å². The van der Waals surface area contributed by atoms with Crippen LogP contribution in [0.2, 0.25) is 10.0 Å². The zero-order valence-electron chi connectivity index (χ0n) is 8.98. The molecule has 0 saturated carbocycles. The molecule has 88 valence electrons. The van der Waals surface area contributed by atoms with E-state index in [-0.39, 0.29) is 10.2 Å². The molecule has 1 rings (SSSR count). The largest absolute Gasteiger partial charge is 0.346 e. The van der Waals surface area contributed by atoms with Crippen LogP contribution in [0, 0.1) is 0 Å². The minimum Gasteiger partial charge on any atom is -0.346 e. The molecule has 1 aromatic rings. The van der Waals surface area contributed by atoms with E-state index >= 15 is 0 Å². The molecular weight excluding hydrogens is 313 g/mol. The monoisotopic (exact) mass is 323 g/mol. The first-order valence-corrected chi connectivity index (χ1v) is 6.27. The predicted octanol–water partition coefficient (Wildman–Crippen LogP) is 4.38. The molecule has 0 aliphatic rings. The van der Waals surface area contributed by atoms with Crippen molar-refractivity contribution in [1.29, 1.82) is 0 Å². The van der Waals surface area contributed by atoms with Crippen LogP contribution in [0.1, 0.15) is 19.4 Å². The number of amides is 1. The van der Waals surface area contributed by atoms with Gasteiger partial charge in [0.05, 0.1) is 0 Å². The van der Waals surface area contributed by atoms with Gasteiger partial charge in [-0.15, -0.1) is 0 Å². The van der Waals surface area contributed by atoms with E-state index in [4.69, 9.17) is 23.2 Å². The van der Waals surface area contributed by atoms with Gasteiger partial charge in [0.25, 0.3) is 4.82 Å². The second-order valence-electron chi connectivity index (χ2n) is 4.14. The lowest BCUT2D eigenvalue weighted by Gasteiger charge is -2.26. The van der Waals surface area contributed by atoms with Gasteiger partial charge in [0.2, 0.25) is 0 Å². The Bertz CT molecular complexity index is 407. The van der Waals surface area contributed by atoms with E-state index in [1.807, 2.05) is 19.9 Å². The summed E-state index contributed by atoms with van der Waals surface area (Å²) in [6.07, 6.45) is 0. The Morgan fingerprint density at radius 1 is 1.44 bits per heavy atom. The Morgan fingerprint density at radius 3 is 2.56 bits per heavy atom. The standard InChI is InChI=1S/C11H12BrCl2NO/c1-11(2,6-15-10(12)16)8-4-3-7(13)5-9(8)14/h3-5H,6H2,1-2H3,(H,15,16). The van der Waals surface area contributed by atoms with Gasteiger partial charge in [-0.3, -0.25) is 4.79 Å². The fraction of sp³-hybridized carbons (Fsp3) is 0.364. The lowest BCUT2D eigenvalue weighted by Crippen LogP contribution is -2.34. The smallest absolute Gasteiger partial charge is 0.287 e. The molecule has 0 bridgehead atoms. The molecule has 0 fully saturated rings. The maximum absolute atomic E-state index is 10.8. The van der Waals surface area contributed by atoms with Crippen molar-refractivity contribution >= 4 is 43.9 Å². The quantitative estimate of drug-likeness (QED) is 0.649. The maximum Gasteiger partial charge on any atom is 0.287 e. The Hall–Kier alpha value is -0.250. The highest BCUT2D eigenvalue weighted by Crippen LogP contribution is 2.31. The summed E-state index contributed by atoms with van der Waals surface area (Å²) in [5.41, 5.74) is 0.713. The number of hydrogen-bond donors (Lipinski definition) is 1. The molecule has 16 heavy (non-hydrogen) atoms. The molecule has 0 aromatic heterocycles. The van der Waals surface area contributed by atoms with E-state index in [0.29, 0.717) is 16.6 Å². The average Bonchev–Trinajstić information content (AvgIpc) is 2.14. The summed E-state index contributed by atoms with van der Waals surface area (Å²) in [7, 11) is 0. The second-order valence-corrected chi connectivity index (χ2v) is 5.70. The zero-order valence-corrected chi connectivity index (χ0v) is 12.1. The molecule has 0 aliphatic carbocycles. The summed E-state index contributed by atoms with van der Waals surface area (Å²) < 4.78 is 0. The Kier molecular flexibility index (Phi) is 4.65. The van der Waals surface area contributed by atoms with Crippen LogP contribution < -0.4 is 5.32 Å². The van der Waals surface area contributed by atoms with E-state index in [2.05, 4.69) is 21.2 Å². The zero-order chi connectivity index (χ0) is 12.3. The minimum atomic E-state index is -0.245. The molecule has 2 nitrogen and oxygen atoms in total. The topological polar surface area (TPSA) is 29.1 Å². The van der Waals surface area contributed by atoms with E-state index < -0.39 is 0 Å². The first kappa shape index (κ1) is 13.8. The number of benzene rings is 1. The minimum absolute atomic E-state index is 0.231. The summed E-state index contributed by atoms with van der Waals surface area (Å²) in [5.74, 6) is 0. The van der Waals surface area contributed by atoms with Gasteiger partial charge in [0, 0.05) is 37.9 Å². The van der Waals surface area contributed by atoms with Gasteiger partial charge in [-0.2, -0.15) is 0 Å². The van der Waals surface area contributed by atoms with Crippen LogP contribution in [-0.2, 0) is 5.41 Å². The number of rotatable bonds is 3. The third kappa shape index (κ3) is 3.65. The number of halogens is 3. The molecule has 0 aliphatic heterocycles. The van der Waals surface area contributed by atoms with Gasteiger partial charge in [0.15, 0.2) is 0 Å². The normalized spacial score (nSPS) is 11.3. The number of hydrogen-bond acceptors (Lipinski definition) is 1. The highest BCUT2D eigenvalue weighted by atomic mass is 79.9. The molecule has 0 heterocycles. The first-order valence-electron chi connectivity index (χ1n) is 4.72. The molecule has 0 atom stereocenters. The van der Waals surface area contributed by atoms with Crippen LogP contribution in [0.25, 0.3) is 0 Å². The third-order valence-electron chi connectivity index (χ3n) is 2.33. The van der Waals surface area contributed by atoms with E-state index in [0.717, 1.165) is 5.56 Å². The van der Waals surface area contributed by atoms with Crippen molar-refractivity contribution < 1.29 is 4.79 Å². The molecule has 0 radical (unpaired) electrons. The molecule has 1 amide bonds. The summed E-state index contributed by atoms with van der Waals surface area (Å²) in [4.78, 5) is 10.6. The molecule has 0 saturated heterocycles. The molecular formula is C11H12BrCl2NO. The summed E-state index contributed by atoms with van der Waals surface area (Å²) >= 11 is 14.8. The highest BCUT2D eigenvalue weighted by Gasteiger charge is 2.23. The Balaban J connectivity index is 2.92.